The van der Waals surface area contributed by atoms with E-state index in [-0.39, 0.29) is 37.7 Å². The van der Waals surface area contributed by atoms with Crippen molar-refractivity contribution in [2.75, 3.05) is 6.54 Å². The molecule has 0 bridgehead atoms. The van der Waals surface area contributed by atoms with Gasteiger partial charge < -0.3 is 10.1 Å². The predicted octanol–water partition coefficient (Wildman–Crippen LogP) is 1.99. The molecule has 1 aliphatic heterocycles. The van der Waals surface area contributed by atoms with E-state index in [0.717, 1.165) is 4.90 Å². The lowest BCUT2D eigenvalue weighted by Crippen LogP contribution is -2.43. The fourth-order valence-corrected chi connectivity index (χ4v) is 3.07. The maximum absolute atomic E-state index is 12.9. The van der Waals surface area contributed by atoms with Crippen LogP contribution < -0.4 is 5.32 Å². The Bertz CT molecular complexity index is 974. The highest BCUT2D eigenvalue weighted by molar-refractivity contribution is 6.09. The molecular weight excluding hydrogens is 391 g/mol. The van der Waals surface area contributed by atoms with Gasteiger partial charge in [0, 0.05) is 18.7 Å². The summed E-state index contributed by atoms with van der Waals surface area (Å²) < 4.78 is 18.0. The normalized spacial score (nSPS) is 14.1. The number of carbonyl (C=O) groups excluding carboxylic acids is 4. The molecule has 3 amide bonds. The molecule has 0 fully saturated rings. The van der Waals surface area contributed by atoms with Crippen molar-refractivity contribution in [3.8, 4) is 0 Å². The van der Waals surface area contributed by atoms with E-state index in [1.54, 1.807) is 24.3 Å². The van der Waals surface area contributed by atoms with E-state index in [1.807, 2.05) is 0 Å². The second-order valence-electron chi connectivity index (χ2n) is 6.91. The summed E-state index contributed by atoms with van der Waals surface area (Å²) in [4.78, 5) is 49.9. The first-order valence-electron chi connectivity index (χ1n) is 9.49. The minimum absolute atomic E-state index is 0.0964. The zero-order valence-corrected chi connectivity index (χ0v) is 16.4. The van der Waals surface area contributed by atoms with Crippen LogP contribution in [0.5, 0.6) is 0 Å². The number of amides is 3. The molecule has 156 valence electrons. The number of fused-ring (bicyclic) bond motifs is 1. The summed E-state index contributed by atoms with van der Waals surface area (Å²) in [6.45, 7) is 1.47. The Labute approximate surface area is 172 Å². The Morgan fingerprint density at radius 3 is 2.57 bits per heavy atom. The number of hydrogen-bond donors (Lipinski definition) is 1. The van der Waals surface area contributed by atoms with E-state index in [0.29, 0.717) is 16.7 Å². The molecule has 0 saturated carbocycles. The number of rotatable bonds is 7. The first-order chi connectivity index (χ1) is 14.3. The molecule has 1 atom stereocenters. The van der Waals surface area contributed by atoms with Gasteiger partial charge in [-0.2, -0.15) is 0 Å². The van der Waals surface area contributed by atoms with Crippen LogP contribution in [0.4, 0.5) is 4.39 Å². The van der Waals surface area contributed by atoms with Gasteiger partial charge in [0.15, 0.2) is 6.10 Å². The Kier molecular flexibility index (Phi) is 6.56. The third kappa shape index (κ3) is 5.08. The number of imide groups is 1. The summed E-state index contributed by atoms with van der Waals surface area (Å²) in [5, 5.41) is 2.60. The van der Waals surface area contributed by atoms with Crippen LogP contribution in [0.15, 0.2) is 48.5 Å². The number of nitrogens with zero attached hydrogens (tertiary/aromatic N) is 1. The molecule has 7 nitrogen and oxygen atoms in total. The molecule has 8 heteroatoms. The third-order valence-corrected chi connectivity index (χ3v) is 4.73. The highest BCUT2D eigenvalue weighted by Crippen LogP contribution is 2.19. The van der Waals surface area contributed by atoms with Gasteiger partial charge in [-0.25, -0.2) is 4.39 Å². The number of hydrogen-bond acceptors (Lipinski definition) is 5. The van der Waals surface area contributed by atoms with Crippen LogP contribution >= 0.6 is 0 Å². The van der Waals surface area contributed by atoms with Gasteiger partial charge in [0.2, 0.25) is 5.91 Å². The number of halogens is 1. The van der Waals surface area contributed by atoms with Crippen molar-refractivity contribution in [2.24, 2.45) is 0 Å². The molecule has 0 unspecified atom stereocenters. The predicted molar refractivity (Wildman–Crippen MR) is 105 cm³/mol. The topological polar surface area (TPSA) is 92.8 Å². The summed E-state index contributed by atoms with van der Waals surface area (Å²) in [5.41, 5.74) is 1.81. The Hall–Kier alpha value is -3.55. The van der Waals surface area contributed by atoms with Crippen LogP contribution in [0.1, 0.15) is 34.8 Å². The monoisotopic (exact) mass is 412 g/mol. The lowest BCUT2D eigenvalue weighted by molar-refractivity contribution is -0.155. The highest BCUT2D eigenvalue weighted by atomic mass is 19.1. The van der Waals surface area contributed by atoms with Gasteiger partial charge >= 0.3 is 5.97 Å². The van der Waals surface area contributed by atoms with Crippen molar-refractivity contribution in [3.05, 3.63) is 71.0 Å². The van der Waals surface area contributed by atoms with Crippen LogP contribution in [-0.2, 0) is 32.1 Å². The van der Waals surface area contributed by atoms with Gasteiger partial charge in [0.05, 0.1) is 12.8 Å². The smallest absolute Gasteiger partial charge is 0.308 e. The summed E-state index contributed by atoms with van der Waals surface area (Å²) in [7, 11) is 0. The first kappa shape index (κ1) is 21.2. The van der Waals surface area contributed by atoms with Crippen LogP contribution in [0, 0.1) is 5.82 Å². The molecule has 3 rings (SSSR count). The molecular formula is C22H21FN2O5. The zero-order chi connectivity index (χ0) is 21.7. The Morgan fingerprint density at radius 1 is 1.13 bits per heavy atom. The minimum atomic E-state index is -1.05. The maximum atomic E-state index is 12.9. The quantitative estimate of drug-likeness (QED) is 0.555. The van der Waals surface area contributed by atoms with E-state index < -0.39 is 23.9 Å². The van der Waals surface area contributed by atoms with Crippen molar-refractivity contribution < 1.29 is 28.3 Å². The molecule has 1 aliphatic rings. The van der Waals surface area contributed by atoms with E-state index in [1.165, 1.54) is 31.2 Å². The van der Waals surface area contributed by atoms with Crippen molar-refractivity contribution in [1.82, 2.24) is 10.2 Å². The summed E-state index contributed by atoms with van der Waals surface area (Å²) in [5.74, 6) is -2.40. The standard InChI is InChI=1S/C22H21FN2O5/c1-14(21(28)24-13-15-6-8-17(23)9-7-15)30-20(27)10-11-25-19(26)12-16-4-2-3-5-18(16)22(25)29/h2-9,14H,10-13H2,1H3,(H,24,28)/t14-/m1/s1. The average Bonchev–Trinajstić information content (AvgIpc) is 2.73. The average molecular weight is 412 g/mol. The summed E-state index contributed by atoms with van der Waals surface area (Å²) in [6, 6.07) is 12.5. The SMILES string of the molecule is C[C@@H](OC(=O)CCN1C(=O)Cc2ccccc2C1=O)C(=O)NCc1ccc(F)cc1. The highest BCUT2D eigenvalue weighted by Gasteiger charge is 2.31. The first-order valence-corrected chi connectivity index (χ1v) is 9.49. The molecule has 0 aromatic heterocycles. The lowest BCUT2D eigenvalue weighted by Gasteiger charge is -2.26. The van der Waals surface area contributed by atoms with E-state index in [2.05, 4.69) is 5.32 Å². The molecule has 1 N–H and O–H groups in total. The van der Waals surface area contributed by atoms with E-state index in [4.69, 9.17) is 4.74 Å². The second-order valence-corrected chi connectivity index (χ2v) is 6.91. The van der Waals surface area contributed by atoms with Gasteiger partial charge in [0.1, 0.15) is 5.82 Å². The van der Waals surface area contributed by atoms with Gasteiger partial charge in [0.25, 0.3) is 11.8 Å². The zero-order valence-electron chi connectivity index (χ0n) is 16.4. The van der Waals surface area contributed by atoms with Crippen LogP contribution in [-0.4, -0.2) is 41.2 Å². The van der Waals surface area contributed by atoms with Crippen LogP contribution in [0.3, 0.4) is 0 Å². The Balaban J connectivity index is 1.47. The number of nitrogens with one attached hydrogen (secondary N) is 1. The van der Waals surface area contributed by atoms with Crippen LogP contribution in [0.2, 0.25) is 0 Å². The molecule has 1 heterocycles. The summed E-state index contributed by atoms with van der Waals surface area (Å²) in [6.07, 6.45) is -1.17. The molecule has 2 aromatic rings. The minimum Gasteiger partial charge on any atom is -0.452 e. The van der Waals surface area contributed by atoms with Crippen LogP contribution in [0.25, 0.3) is 0 Å². The number of esters is 1. The van der Waals surface area contributed by atoms with E-state index in [9.17, 15) is 23.6 Å². The Morgan fingerprint density at radius 2 is 1.83 bits per heavy atom. The molecule has 0 aliphatic carbocycles. The van der Waals surface area contributed by atoms with Crippen molar-refractivity contribution in [3.63, 3.8) is 0 Å². The van der Waals surface area contributed by atoms with Crippen molar-refractivity contribution in [2.45, 2.75) is 32.4 Å². The lowest BCUT2D eigenvalue weighted by atomic mass is 9.98. The van der Waals surface area contributed by atoms with Gasteiger partial charge in [-0.3, -0.25) is 24.1 Å². The number of benzene rings is 2. The molecule has 0 radical (unpaired) electrons. The van der Waals surface area contributed by atoms with Gasteiger partial charge in [-0.1, -0.05) is 30.3 Å². The second kappa shape index (κ2) is 9.30. The summed E-state index contributed by atoms with van der Waals surface area (Å²) >= 11 is 0. The molecule has 0 spiro atoms. The maximum Gasteiger partial charge on any atom is 0.308 e. The fraction of sp³-hybridized carbons (Fsp3) is 0.273. The van der Waals surface area contributed by atoms with E-state index >= 15 is 0 Å². The fourth-order valence-electron chi connectivity index (χ4n) is 3.07. The number of carbonyl (C=O) groups is 4. The number of ether oxygens (including phenoxy) is 1. The van der Waals surface area contributed by atoms with Crippen molar-refractivity contribution >= 4 is 23.7 Å². The molecule has 30 heavy (non-hydrogen) atoms. The van der Waals surface area contributed by atoms with Crippen molar-refractivity contribution in [1.29, 1.82) is 0 Å². The van der Waals surface area contributed by atoms with Gasteiger partial charge in [-0.15, -0.1) is 0 Å². The molecule has 0 saturated heterocycles. The van der Waals surface area contributed by atoms with Gasteiger partial charge in [-0.05, 0) is 36.2 Å². The largest absolute Gasteiger partial charge is 0.452 e. The third-order valence-electron chi connectivity index (χ3n) is 4.73. The molecule has 2 aromatic carbocycles.